The number of hydrogen-bond donors (Lipinski definition) is 2. The summed E-state index contributed by atoms with van der Waals surface area (Å²) < 4.78 is 6.40. The second-order valence-corrected chi connectivity index (χ2v) is 9.79. The van der Waals surface area contributed by atoms with Crippen LogP contribution in [0.25, 0.3) is 12.2 Å². The average Bonchev–Trinajstić information content (AvgIpc) is 2.82. The number of hydrogen-bond acceptors (Lipinski definition) is 5. The second kappa shape index (κ2) is 10.6. The van der Waals surface area contributed by atoms with Gasteiger partial charge in [0.15, 0.2) is 5.78 Å². The van der Waals surface area contributed by atoms with Crippen molar-refractivity contribution in [2.24, 2.45) is 0 Å². The van der Waals surface area contributed by atoms with Crippen LogP contribution < -0.4 is 4.74 Å². The van der Waals surface area contributed by atoms with E-state index in [1.54, 1.807) is 43.5 Å². The van der Waals surface area contributed by atoms with Crippen LogP contribution in [0.1, 0.15) is 16.7 Å². The van der Waals surface area contributed by atoms with E-state index in [9.17, 15) is 15.0 Å². The number of rotatable bonds is 5. The van der Waals surface area contributed by atoms with E-state index in [0.29, 0.717) is 39.7 Å². The lowest BCUT2D eigenvalue weighted by Gasteiger charge is -2.30. The zero-order valence-corrected chi connectivity index (χ0v) is 21.6. The number of ether oxygens (including phenoxy) is 1. The molecule has 3 aromatic rings. The molecule has 7 heteroatoms. The Balaban J connectivity index is 1.68. The van der Waals surface area contributed by atoms with E-state index in [1.807, 2.05) is 36.4 Å². The molecular weight excluding hydrogens is 562 g/mol. The Bertz CT molecular complexity index is 1210. The molecule has 5 nitrogen and oxygen atoms in total. The average molecular weight is 585 g/mol. The van der Waals surface area contributed by atoms with Crippen molar-refractivity contribution in [1.82, 2.24) is 4.90 Å². The Morgan fingerprint density at radius 3 is 1.79 bits per heavy atom. The first kappa shape index (κ1) is 24.3. The number of phenolic OH excluding ortho intramolecular Hbond substituents is 2. The summed E-state index contributed by atoms with van der Waals surface area (Å²) in [4.78, 5) is 15.6. The molecule has 0 amide bonds. The number of halogens is 2. The van der Waals surface area contributed by atoms with Crippen molar-refractivity contribution in [3.63, 3.8) is 0 Å². The van der Waals surface area contributed by atoms with Crippen LogP contribution in [0.3, 0.4) is 0 Å². The summed E-state index contributed by atoms with van der Waals surface area (Å²) in [5.74, 6) is 1.09. The maximum absolute atomic E-state index is 13.4. The highest BCUT2D eigenvalue weighted by Gasteiger charge is 2.26. The largest absolute Gasteiger partial charge is 0.507 e. The molecule has 4 rings (SSSR count). The van der Waals surface area contributed by atoms with Crippen LogP contribution in [-0.2, 0) is 11.3 Å². The van der Waals surface area contributed by atoms with Crippen molar-refractivity contribution in [2.45, 2.75) is 6.54 Å². The molecule has 0 aliphatic carbocycles. The molecule has 0 unspecified atom stereocenters. The van der Waals surface area contributed by atoms with Crippen molar-refractivity contribution < 1.29 is 19.7 Å². The highest BCUT2D eigenvalue weighted by Crippen LogP contribution is 2.29. The Kier molecular flexibility index (Phi) is 7.56. The van der Waals surface area contributed by atoms with Crippen molar-refractivity contribution in [3.8, 4) is 17.2 Å². The molecule has 0 bridgehead atoms. The smallest absolute Gasteiger partial charge is 0.187 e. The van der Waals surface area contributed by atoms with Gasteiger partial charge in [0.1, 0.15) is 17.2 Å². The maximum Gasteiger partial charge on any atom is 0.187 e. The number of methoxy groups -OCH3 is 1. The summed E-state index contributed by atoms with van der Waals surface area (Å²) in [6, 6.07) is 18.3. The van der Waals surface area contributed by atoms with E-state index in [0.717, 1.165) is 22.4 Å². The lowest BCUT2D eigenvalue weighted by molar-refractivity contribution is -0.113. The fourth-order valence-corrected chi connectivity index (χ4v) is 4.63. The number of carbonyl (C=O) groups is 1. The molecular formula is C27H23Br2NO4. The van der Waals surface area contributed by atoms with Gasteiger partial charge in [0.2, 0.25) is 0 Å². The standard InChI is InChI=1S/C27H23Br2NO4/c1-34-22-6-2-17(3-7-22)14-30-15-20(10-18-4-8-25(31)23(28)12-18)27(33)21(16-30)11-19-5-9-26(32)24(29)13-19/h2-13,31-32H,14-16H2,1H3/b20-10+,21-11+. The Morgan fingerprint density at radius 2 is 1.35 bits per heavy atom. The van der Waals surface area contributed by atoms with Gasteiger partial charge >= 0.3 is 0 Å². The molecule has 0 saturated carbocycles. The normalized spacial score (nSPS) is 16.9. The molecule has 1 heterocycles. The van der Waals surface area contributed by atoms with E-state index >= 15 is 0 Å². The molecule has 0 aromatic heterocycles. The predicted molar refractivity (Wildman–Crippen MR) is 141 cm³/mol. The van der Waals surface area contributed by atoms with Crippen LogP contribution in [0.5, 0.6) is 17.2 Å². The number of Topliss-reactive ketones (excluding diaryl/α,β-unsaturated/α-hetero) is 1. The Labute approximate surface area is 215 Å². The van der Waals surface area contributed by atoms with E-state index < -0.39 is 0 Å². The van der Waals surface area contributed by atoms with Crippen LogP contribution in [0.2, 0.25) is 0 Å². The Hall–Kier alpha value is -2.87. The van der Waals surface area contributed by atoms with E-state index in [-0.39, 0.29) is 17.3 Å². The van der Waals surface area contributed by atoms with Crippen LogP contribution in [0, 0.1) is 0 Å². The topological polar surface area (TPSA) is 70.0 Å². The molecule has 174 valence electrons. The maximum atomic E-state index is 13.4. The van der Waals surface area contributed by atoms with E-state index in [1.165, 1.54) is 0 Å². The number of benzene rings is 3. The molecule has 0 radical (unpaired) electrons. The minimum absolute atomic E-state index is 0.0145. The SMILES string of the molecule is COc1ccc(CN2C/C(=C\c3ccc(O)c(Br)c3)C(=O)/C(=C/c3ccc(O)c(Br)c3)C2)cc1. The highest BCUT2D eigenvalue weighted by molar-refractivity contribution is 9.10. The first-order valence-electron chi connectivity index (χ1n) is 10.6. The molecule has 0 atom stereocenters. The van der Waals surface area contributed by atoms with Gasteiger partial charge < -0.3 is 14.9 Å². The molecule has 34 heavy (non-hydrogen) atoms. The molecule has 2 N–H and O–H groups in total. The third kappa shape index (κ3) is 5.78. The number of piperidine rings is 1. The lowest BCUT2D eigenvalue weighted by Crippen LogP contribution is -2.37. The van der Waals surface area contributed by atoms with Gasteiger partial charge in [-0.25, -0.2) is 0 Å². The van der Waals surface area contributed by atoms with E-state index in [4.69, 9.17) is 4.74 Å². The van der Waals surface area contributed by atoms with Crippen LogP contribution in [0.4, 0.5) is 0 Å². The van der Waals surface area contributed by atoms with Gasteiger partial charge in [-0.3, -0.25) is 9.69 Å². The van der Waals surface area contributed by atoms with Gasteiger partial charge in [0.05, 0.1) is 16.1 Å². The molecule has 1 aliphatic rings. The molecule has 3 aromatic carbocycles. The Morgan fingerprint density at radius 1 is 0.853 bits per heavy atom. The summed E-state index contributed by atoms with van der Waals surface area (Å²) in [6.07, 6.45) is 3.74. The van der Waals surface area contributed by atoms with Crippen molar-refractivity contribution in [2.75, 3.05) is 20.2 Å². The number of nitrogens with zero attached hydrogens (tertiary/aromatic N) is 1. The fourth-order valence-electron chi connectivity index (χ4n) is 3.84. The van der Waals surface area contributed by atoms with Gasteiger partial charge in [-0.1, -0.05) is 24.3 Å². The summed E-state index contributed by atoms with van der Waals surface area (Å²) in [7, 11) is 1.64. The number of phenols is 2. The minimum Gasteiger partial charge on any atom is -0.507 e. The number of aromatic hydroxyl groups is 2. The summed E-state index contributed by atoms with van der Waals surface area (Å²) in [5, 5.41) is 19.6. The third-order valence-corrected chi connectivity index (χ3v) is 6.83. The summed E-state index contributed by atoms with van der Waals surface area (Å²) in [6.45, 7) is 1.67. The van der Waals surface area contributed by atoms with E-state index in [2.05, 4.69) is 36.8 Å². The number of ketones is 1. The van der Waals surface area contributed by atoms with Gasteiger partial charge in [-0.05, 0) is 97.1 Å². The third-order valence-electron chi connectivity index (χ3n) is 5.56. The van der Waals surface area contributed by atoms with Crippen LogP contribution in [0.15, 0.2) is 80.8 Å². The van der Waals surface area contributed by atoms with Gasteiger partial charge in [0.25, 0.3) is 0 Å². The minimum atomic E-state index is -0.0145. The zero-order valence-electron chi connectivity index (χ0n) is 18.5. The molecule has 1 saturated heterocycles. The first-order valence-corrected chi connectivity index (χ1v) is 12.2. The van der Waals surface area contributed by atoms with Gasteiger partial charge in [0, 0.05) is 30.8 Å². The quantitative estimate of drug-likeness (QED) is 0.350. The van der Waals surface area contributed by atoms with Crippen molar-refractivity contribution in [1.29, 1.82) is 0 Å². The lowest BCUT2D eigenvalue weighted by atomic mass is 9.94. The molecule has 1 aliphatic heterocycles. The van der Waals surface area contributed by atoms with Crippen LogP contribution >= 0.6 is 31.9 Å². The molecule has 1 fully saturated rings. The summed E-state index contributed by atoms with van der Waals surface area (Å²) in [5.41, 5.74) is 4.11. The predicted octanol–water partition coefficient (Wildman–Crippen LogP) is 6.18. The van der Waals surface area contributed by atoms with Crippen molar-refractivity contribution in [3.05, 3.63) is 97.4 Å². The molecule has 0 spiro atoms. The fraction of sp³-hybridized carbons (Fsp3) is 0.148. The van der Waals surface area contributed by atoms with Gasteiger partial charge in [-0.2, -0.15) is 0 Å². The van der Waals surface area contributed by atoms with Crippen molar-refractivity contribution >= 4 is 49.8 Å². The number of likely N-dealkylation sites (tertiary alicyclic amines) is 1. The first-order chi connectivity index (χ1) is 16.3. The second-order valence-electron chi connectivity index (χ2n) is 8.08. The summed E-state index contributed by atoms with van der Waals surface area (Å²) >= 11 is 6.68. The van der Waals surface area contributed by atoms with Crippen LogP contribution in [-0.4, -0.2) is 41.1 Å². The highest BCUT2D eigenvalue weighted by atomic mass is 79.9. The number of carbonyl (C=O) groups excluding carboxylic acids is 1. The zero-order chi connectivity index (χ0) is 24.2. The monoisotopic (exact) mass is 583 g/mol. The van der Waals surface area contributed by atoms with Gasteiger partial charge in [-0.15, -0.1) is 0 Å².